The first-order chi connectivity index (χ1) is 11.5. The summed E-state index contributed by atoms with van der Waals surface area (Å²) >= 11 is 0. The number of rotatable bonds is 7. The third kappa shape index (κ3) is 3.79. The zero-order chi connectivity index (χ0) is 17.7. The minimum Gasteiger partial charge on any atom is -0.497 e. The highest BCUT2D eigenvalue weighted by molar-refractivity contribution is 6.02. The van der Waals surface area contributed by atoms with Gasteiger partial charge in [0.05, 0.1) is 25.5 Å². The van der Waals surface area contributed by atoms with E-state index in [1.54, 1.807) is 31.4 Å². The molecule has 0 spiro atoms. The quantitative estimate of drug-likeness (QED) is 0.620. The van der Waals surface area contributed by atoms with Crippen LogP contribution in [0.2, 0.25) is 0 Å². The Bertz CT molecular complexity index is 727. The Morgan fingerprint density at radius 2 is 1.79 bits per heavy atom. The minimum atomic E-state index is -0.656. The monoisotopic (exact) mass is 329 g/mol. The molecule has 5 heteroatoms. The number of aryl methyl sites for hydroxylation is 1. The van der Waals surface area contributed by atoms with E-state index in [9.17, 15) is 4.79 Å². The number of Topliss-reactive ketones (excluding diaryl/α,β-unsaturated/α-hetero) is 1. The van der Waals surface area contributed by atoms with Crippen LogP contribution < -0.4 is 19.9 Å². The molecular weight excluding hydrogens is 306 g/mol. The van der Waals surface area contributed by atoms with Crippen molar-refractivity contribution < 1.29 is 19.0 Å². The number of ether oxygens (including phenoxy) is 3. The average molecular weight is 329 g/mol. The number of carbonyl (C=O) groups is 1. The molecule has 2 aromatic rings. The van der Waals surface area contributed by atoms with Crippen molar-refractivity contribution >= 4 is 11.5 Å². The van der Waals surface area contributed by atoms with Gasteiger partial charge in [0.1, 0.15) is 17.2 Å². The normalized spacial score (nSPS) is 11.7. The van der Waals surface area contributed by atoms with E-state index in [2.05, 4.69) is 0 Å². The first-order valence-electron chi connectivity index (χ1n) is 7.79. The highest BCUT2D eigenvalue weighted by Gasteiger charge is 2.24. The molecule has 0 aliphatic heterocycles. The van der Waals surface area contributed by atoms with Crippen molar-refractivity contribution in [3.8, 4) is 17.2 Å². The predicted octanol–water partition coefficient (Wildman–Crippen LogP) is 3.63. The third-order valence-electron chi connectivity index (χ3n) is 3.77. The largest absolute Gasteiger partial charge is 0.497 e. The van der Waals surface area contributed by atoms with Crippen LogP contribution in [0.3, 0.4) is 0 Å². The Morgan fingerprint density at radius 3 is 2.38 bits per heavy atom. The van der Waals surface area contributed by atoms with Crippen LogP contribution >= 0.6 is 0 Å². The van der Waals surface area contributed by atoms with Crippen LogP contribution in [0.4, 0.5) is 5.69 Å². The van der Waals surface area contributed by atoms with Crippen LogP contribution in [0.5, 0.6) is 17.2 Å². The van der Waals surface area contributed by atoms with Gasteiger partial charge in [-0.25, -0.2) is 0 Å². The van der Waals surface area contributed by atoms with Crippen molar-refractivity contribution in [2.24, 2.45) is 0 Å². The topological polar surface area (TPSA) is 70.8 Å². The van der Waals surface area contributed by atoms with Gasteiger partial charge in [-0.3, -0.25) is 4.79 Å². The van der Waals surface area contributed by atoms with Crippen molar-refractivity contribution in [3.63, 3.8) is 0 Å². The molecule has 128 valence electrons. The van der Waals surface area contributed by atoms with E-state index in [-0.39, 0.29) is 5.78 Å². The van der Waals surface area contributed by atoms with E-state index in [1.165, 1.54) is 7.11 Å². The fraction of sp³-hybridized carbons (Fsp3) is 0.316. The first kappa shape index (κ1) is 17.7. The molecular formula is C19H23NO4. The average Bonchev–Trinajstić information content (AvgIpc) is 2.60. The van der Waals surface area contributed by atoms with Crippen molar-refractivity contribution in [1.82, 2.24) is 0 Å². The number of anilines is 1. The molecule has 0 saturated carbocycles. The molecule has 2 rings (SSSR count). The Kier molecular flexibility index (Phi) is 5.68. The zero-order valence-corrected chi connectivity index (χ0v) is 14.5. The highest BCUT2D eigenvalue weighted by atomic mass is 16.5. The van der Waals surface area contributed by atoms with Crippen LogP contribution in [-0.4, -0.2) is 26.1 Å². The molecule has 0 aromatic heterocycles. The highest BCUT2D eigenvalue weighted by Crippen LogP contribution is 2.29. The zero-order valence-electron chi connectivity index (χ0n) is 14.5. The lowest BCUT2D eigenvalue weighted by atomic mass is 10.0. The summed E-state index contributed by atoms with van der Waals surface area (Å²) < 4.78 is 16.4. The van der Waals surface area contributed by atoms with E-state index in [4.69, 9.17) is 19.9 Å². The van der Waals surface area contributed by atoms with E-state index in [0.717, 1.165) is 5.56 Å². The number of carbonyl (C=O) groups excluding carboxylic acids is 1. The van der Waals surface area contributed by atoms with Gasteiger partial charge in [0, 0.05) is 0 Å². The first-order valence-corrected chi connectivity index (χ1v) is 7.79. The maximum atomic E-state index is 12.9. The van der Waals surface area contributed by atoms with Gasteiger partial charge < -0.3 is 19.9 Å². The smallest absolute Gasteiger partial charge is 0.207 e. The van der Waals surface area contributed by atoms with Gasteiger partial charge >= 0.3 is 0 Å². The van der Waals surface area contributed by atoms with Gasteiger partial charge in [-0.2, -0.15) is 0 Å². The van der Waals surface area contributed by atoms with E-state index in [1.807, 2.05) is 26.0 Å². The van der Waals surface area contributed by atoms with Crippen LogP contribution in [0, 0.1) is 6.92 Å². The van der Waals surface area contributed by atoms with Crippen molar-refractivity contribution in [2.75, 3.05) is 20.0 Å². The fourth-order valence-corrected chi connectivity index (χ4v) is 2.43. The Hall–Kier alpha value is -2.69. The minimum absolute atomic E-state index is 0.173. The van der Waals surface area contributed by atoms with Gasteiger partial charge in [-0.05, 0) is 49.2 Å². The number of hydrogen-bond donors (Lipinski definition) is 1. The van der Waals surface area contributed by atoms with Gasteiger partial charge in [-0.1, -0.05) is 13.0 Å². The lowest BCUT2D eigenvalue weighted by Crippen LogP contribution is -2.27. The van der Waals surface area contributed by atoms with Crippen LogP contribution in [-0.2, 0) is 0 Å². The number of benzene rings is 2. The number of ketones is 1. The maximum absolute atomic E-state index is 12.9. The Balaban J connectivity index is 2.31. The molecule has 0 fully saturated rings. The summed E-state index contributed by atoms with van der Waals surface area (Å²) in [5, 5.41) is 0. The summed E-state index contributed by atoms with van der Waals surface area (Å²) in [6.07, 6.45) is -0.150. The number of nitrogens with two attached hydrogens (primary N) is 1. The lowest BCUT2D eigenvalue weighted by molar-refractivity contribution is 0.0784. The lowest BCUT2D eigenvalue weighted by Gasteiger charge is -2.19. The van der Waals surface area contributed by atoms with Crippen LogP contribution in [0.25, 0.3) is 0 Å². The standard InChI is InChI=1S/C19H23NO4/c1-5-16(24-18-8-6-12(2)10-15(18)20)19(21)14-11-13(22-3)7-9-17(14)23-4/h6-11,16H,5,20H2,1-4H3. The molecule has 0 amide bonds. The van der Waals surface area contributed by atoms with Gasteiger partial charge in [0.25, 0.3) is 0 Å². The molecule has 5 nitrogen and oxygen atoms in total. The molecule has 24 heavy (non-hydrogen) atoms. The summed E-state index contributed by atoms with van der Waals surface area (Å²) in [5.74, 6) is 1.40. The molecule has 0 aliphatic rings. The van der Waals surface area contributed by atoms with E-state index < -0.39 is 6.10 Å². The molecule has 0 heterocycles. The van der Waals surface area contributed by atoms with Crippen LogP contribution in [0.1, 0.15) is 29.3 Å². The summed E-state index contributed by atoms with van der Waals surface area (Å²) in [6.45, 7) is 3.84. The summed E-state index contributed by atoms with van der Waals surface area (Å²) in [4.78, 5) is 12.9. The third-order valence-corrected chi connectivity index (χ3v) is 3.77. The molecule has 2 aromatic carbocycles. The maximum Gasteiger partial charge on any atom is 0.207 e. The Labute approximate surface area is 142 Å². The number of methoxy groups -OCH3 is 2. The molecule has 1 unspecified atom stereocenters. The molecule has 0 radical (unpaired) electrons. The Morgan fingerprint density at radius 1 is 1.08 bits per heavy atom. The summed E-state index contributed by atoms with van der Waals surface area (Å²) in [6, 6.07) is 10.6. The number of nitrogen functional groups attached to an aromatic ring is 1. The predicted molar refractivity (Wildman–Crippen MR) is 94.2 cm³/mol. The number of hydrogen-bond acceptors (Lipinski definition) is 5. The SMILES string of the molecule is CCC(Oc1ccc(C)cc1N)C(=O)c1cc(OC)ccc1OC. The molecule has 2 N–H and O–H groups in total. The molecule has 0 bridgehead atoms. The van der Waals surface area contributed by atoms with Crippen LogP contribution in [0.15, 0.2) is 36.4 Å². The van der Waals surface area contributed by atoms with Gasteiger partial charge in [0.2, 0.25) is 5.78 Å². The summed E-state index contributed by atoms with van der Waals surface area (Å²) in [5.41, 5.74) is 7.96. The van der Waals surface area contributed by atoms with Crippen molar-refractivity contribution in [3.05, 3.63) is 47.5 Å². The second kappa shape index (κ2) is 7.73. The molecule has 0 saturated heterocycles. The van der Waals surface area contributed by atoms with E-state index in [0.29, 0.717) is 34.9 Å². The second-order valence-electron chi connectivity index (χ2n) is 5.49. The van der Waals surface area contributed by atoms with Crippen molar-refractivity contribution in [1.29, 1.82) is 0 Å². The summed E-state index contributed by atoms with van der Waals surface area (Å²) in [7, 11) is 3.08. The van der Waals surface area contributed by atoms with Crippen molar-refractivity contribution in [2.45, 2.75) is 26.4 Å². The second-order valence-corrected chi connectivity index (χ2v) is 5.49. The molecule has 0 aliphatic carbocycles. The molecule has 1 atom stereocenters. The van der Waals surface area contributed by atoms with Gasteiger partial charge in [-0.15, -0.1) is 0 Å². The fourth-order valence-electron chi connectivity index (χ4n) is 2.43. The van der Waals surface area contributed by atoms with E-state index >= 15 is 0 Å². The van der Waals surface area contributed by atoms with Gasteiger partial charge in [0.15, 0.2) is 6.10 Å².